The van der Waals surface area contributed by atoms with Gasteiger partial charge < -0.3 is 10.4 Å². The lowest BCUT2D eigenvalue weighted by Crippen LogP contribution is -2.46. The van der Waals surface area contributed by atoms with E-state index in [-0.39, 0.29) is 18.9 Å². The number of rotatable bonds is 5. The van der Waals surface area contributed by atoms with Gasteiger partial charge in [0, 0.05) is 6.42 Å². The molecule has 1 aromatic carbocycles. The molecular weight excluding hydrogens is 240 g/mol. The highest BCUT2D eigenvalue weighted by molar-refractivity contribution is 5.76. The van der Waals surface area contributed by atoms with Crippen LogP contribution in [0.25, 0.3) is 0 Å². The molecule has 1 aromatic rings. The highest BCUT2D eigenvalue weighted by Gasteiger charge is 2.18. The zero-order valence-corrected chi connectivity index (χ0v) is 10.5. The van der Waals surface area contributed by atoms with Gasteiger partial charge in [-0.1, -0.05) is 6.07 Å². The lowest BCUT2D eigenvalue weighted by molar-refractivity contribution is -0.123. The van der Waals surface area contributed by atoms with Crippen LogP contribution in [0.4, 0.5) is 8.78 Å². The van der Waals surface area contributed by atoms with Gasteiger partial charge in [0.05, 0.1) is 12.1 Å². The topological polar surface area (TPSA) is 49.3 Å². The number of hydrogen-bond donors (Lipinski definition) is 2. The maximum Gasteiger partial charge on any atom is 0.220 e. The Morgan fingerprint density at radius 2 is 2.00 bits per heavy atom. The van der Waals surface area contributed by atoms with Crippen LogP contribution in [0.2, 0.25) is 0 Å². The molecule has 0 heterocycles. The standard InChI is InChI=1S/C13H17F2NO2/c1-13(2,8-17)16-12(18)6-4-9-3-5-10(14)11(15)7-9/h3,5,7,17H,4,6,8H2,1-2H3,(H,16,18). The van der Waals surface area contributed by atoms with Crippen molar-refractivity contribution in [2.45, 2.75) is 32.2 Å². The second kappa shape index (κ2) is 5.91. The van der Waals surface area contributed by atoms with Crippen molar-refractivity contribution in [3.63, 3.8) is 0 Å². The molecule has 0 saturated carbocycles. The molecule has 1 amide bonds. The van der Waals surface area contributed by atoms with E-state index in [1.807, 2.05) is 0 Å². The molecule has 0 spiro atoms. The Morgan fingerprint density at radius 1 is 1.33 bits per heavy atom. The normalized spacial score (nSPS) is 11.4. The van der Waals surface area contributed by atoms with Gasteiger partial charge in [-0.15, -0.1) is 0 Å². The van der Waals surface area contributed by atoms with E-state index in [1.165, 1.54) is 6.07 Å². The molecule has 0 aromatic heterocycles. The van der Waals surface area contributed by atoms with E-state index in [2.05, 4.69) is 5.32 Å². The summed E-state index contributed by atoms with van der Waals surface area (Å²) in [4.78, 5) is 11.6. The summed E-state index contributed by atoms with van der Waals surface area (Å²) in [5.41, 5.74) is -0.114. The summed E-state index contributed by atoms with van der Waals surface area (Å²) in [6, 6.07) is 3.57. The number of amides is 1. The molecule has 5 heteroatoms. The predicted molar refractivity (Wildman–Crippen MR) is 64.0 cm³/mol. The van der Waals surface area contributed by atoms with Crippen molar-refractivity contribution in [2.75, 3.05) is 6.61 Å². The van der Waals surface area contributed by atoms with Gasteiger partial charge in [0.15, 0.2) is 11.6 Å². The van der Waals surface area contributed by atoms with Gasteiger partial charge in [-0.3, -0.25) is 4.79 Å². The van der Waals surface area contributed by atoms with Gasteiger partial charge in [0.2, 0.25) is 5.91 Å². The minimum absolute atomic E-state index is 0.161. The van der Waals surface area contributed by atoms with Gasteiger partial charge in [-0.25, -0.2) is 8.78 Å². The predicted octanol–water partition coefficient (Wildman–Crippen LogP) is 1.78. The van der Waals surface area contributed by atoms with Crippen molar-refractivity contribution < 1.29 is 18.7 Å². The first-order chi connectivity index (χ1) is 8.34. The summed E-state index contributed by atoms with van der Waals surface area (Å²) in [7, 11) is 0. The molecule has 0 radical (unpaired) electrons. The van der Waals surface area contributed by atoms with Crippen LogP contribution in [-0.4, -0.2) is 23.2 Å². The van der Waals surface area contributed by atoms with Crippen LogP contribution in [0.5, 0.6) is 0 Å². The van der Waals surface area contributed by atoms with E-state index >= 15 is 0 Å². The van der Waals surface area contributed by atoms with Crippen LogP contribution in [-0.2, 0) is 11.2 Å². The first-order valence-electron chi connectivity index (χ1n) is 5.70. The van der Waals surface area contributed by atoms with Crippen molar-refractivity contribution in [3.8, 4) is 0 Å². The van der Waals surface area contributed by atoms with Gasteiger partial charge in [-0.05, 0) is 38.0 Å². The SMILES string of the molecule is CC(C)(CO)NC(=O)CCc1ccc(F)c(F)c1. The number of hydrogen-bond acceptors (Lipinski definition) is 2. The van der Waals surface area contributed by atoms with Gasteiger partial charge in [0.25, 0.3) is 0 Å². The largest absolute Gasteiger partial charge is 0.394 e. The fourth-order valence-electron chi connectivity index (χ4n) is 1.43. The third kappa shape index (κ3) is 4.41. The molecule has 2 N–H and O–H groups in total. The van der Waals surface area contributed by atoms with Crippen LogP contribution in [0.3, 0.4) is 0 Å². The number of aryl methyl sites for hydroxylation is 1. The van der Waals surface area contributed by atoms with Crippen molar-refractivity contribution in [1.29, 1.82) is 0 Å². The van der Waals surface area contributed by atoms with E-state index in [0.717, 1.165) is 12.1 Å². The average Bonchev–Trinajstić information content (AvgIpc) is 2.30. The zero-order valence-electron chi connectivity index (χ0n) is 10.5. The maximum atomic E-state index is 12.9. The fourth-order valence-corrected chi connectivity index (χ4v) is 1.43. The van der Waals surface area contributed by atoms with Crippen LogP contribution in [0, 0.1) is 11.6 Å². The lowest BCUT2D eigenvalue weighted by Gasteiger charge is -2.23. The van der Waals surface area contributed by atoms with E-state index < -0.39 is 17.2 Å². The second-order valence-electron chi connectivity index (χ2n) is 4.84. The summed E-state index contributed by atoms with van der Waals surface area (Å²) in [6.07, 6.45) is 0.485. The molecule has 0 aliphatic heterocycles. The van der Waals surface area contributed by atoms with Gasteiger partial charge in [-0.2, -0.15) is 0 Å². The molecule has 100 valence electrons. The Kier molecular flexibility index (Phi) is 4.78. The third-order valence-electron chi connectivity index (χ3n) is 2.50. The van der Waals surface area contributed by atoms with Crippen molar-refractivity contribution in [1.82, 2.24) is 5.32 Å². The van der Waals surface area contributed by atoms with Crippen LogP contribution >= 0.6 is 0 Å². The molecule has 3 nitrogen and oxygen atoms in total. The smallest absolute Gasteiger partial charge is 0.220 e. The Bertz CT molecular complexity index is 433. The highest BCUT2D eigenvalue weighted by Crippen LogP contribution is 2.10. The quantitative estimate of drug-likeness (QED) is 0.844. The van der Waals surface area contributed by atoms with Crippen molar-refractivity contribution in [2.24, 2.45) is 0 Å². The number of nitrogens with one attached hydrogen (secondary N) is 1. The Labute approximate surface area is 105 Å². The number of aliphatic hydroxyl groups is 1. The van der Waals surface area contributed by atoms with E-state index in [0.29, 0.717) is 12.0 Å². The Morgan fingerprint density at radius 3 is 2.56 bits per heavy atom. The summed E-state index contributed by atoms with van der Waals surface area (Å²) in [6.45, 7) is 3.23. The molecule has 0 fully saturated rings. The summed E-state index contributed by atoms with van der Waals surface area (Å²) in [5.74, 6) is -2.05. The summed E-state index contributed by atoms with van der Waals surface area (Å²) >= 11 is 0. The first kappa shape index (κ1) is 14.6. The fraction of sp³-hybridized carbons (Fsp3) is 0.462. The van der Waals surface area contributed by atoms with E-state index in [1.54, 1.807) is 13.8 Å². The maximum absolute atomic E-state index is 12.9. The van der Waals surface area contributed by atoms with Crippen LogP contribution in [0.15, 0.2) is 18.2 Å². The molecule has 0 aliphatic carbocycles. The number of halogens is 2. The lowest BCUT2D eigenvalue weighted by atomic mass is 10.1. The molecular formula is C13H17F2NO2. The van der Waals surface area contributed by atoms with Gasteiger partial charge in [0.1, 0.15) is 0 Å². The number of carbonyl (C=O) groups excluding carboxylic acids is 1. The monoisotopic (exact) mass is 257 g/mol. The van der Waals surface area contributed by atoms with E-state index in [4.69, 9.17) is 5.11 Å². The number of carbonyl (C=O) groups is 1. The van der Waals surface area contributed by atoms with Crippen molar-refractivity contribution >= 4 is 5.91 Å². The molecule has 0 atom stereocenters. The van der Waals surface area contributed by atoms with E-state index in [9.17, 15) is 13.6 Å². The molecule has 18 heavy (non-hydrogen) atoms. The van der Waals surface area contributed by atoms with Crippen molar-refractivity contribution in [3.05, 3.63) is 35.4 Å². The molecule has 0 aliphatic rings. The molecule has 0 unspecified atom stereocenters. The molecule has 1 rings (SSSR count). The zero-order chi connectivity index (χ0) is 13.8. The minimum atomic E-state index is -0.913. The molecule has 0 saturated heterocycles. The Hall–Kier alpha value is -1.49. The average molecular weight is 257 g/mol. The number of aliphatic hydroxyl groups excluding tert-OH is 1. The van der Waals surface area contributed by atoms with Crippen LogP contribution < -0.4 is 5.32 Å². The summed E-state index contributed by atoms with van der Waals surface area (Å²) < 4.78 is 25.6. The van der Waals surface area contributed by atoms with Gasteiger partial charge >= 0.3 is 0 Å². The molecule has 0 bridgehead atoms. The summed E-state index contributed by atoms with van der Waals surface area (Å²) in [5, 5.41) is 11.6. The highest BCUT2D eigenvalue weighted by atomic mass is 19.2. The third-order valence-corrected chi connectivity index (χ3v) is 2.50. The Balaban J connectivity index is 2.50. The second-order valence-corrected chi connectivity index (χ2v) is 4.84. The minimum Gasteiger partial charge on any atom is -0.394 e. The first-order valence-corrected chi connectivity index (χ1v) is 5.70. The number of benzene rings is 1. The van der Waals surface area contributed by atoms with Crippen LogP contribution in [0.1, 0.15) is 25.8 Å².